The van der Waals surface area contributed by atoms with Crippen molar-refractivity contribution < 1.29 is 9.53 Å². The zero-order valence-electron chi connectivity index (χ0n) is 13.6. The van der Waals surface area contributed by atoms with Crippen molar-refractivity contribution in [1.82, 2.24) is 20.2 Å². The van der Waals surface area contributed by atoms with Gasteiger partial charge in [-0.1, -0.05) is 12.1 Å². The van der Waals surface area contributed by atoms with Gasteiger partial charge in [0.25, 0.3) is 0 Å². The van der Waals surface area contributed by atoms with E-state index < -0.39 is 0 Å². The number of hydrogen-bond donors (Lipinski definition) is 1. The molecule has 126 valence electrons. The molecule has 1 N–H and O–H groups in total. The molecule has 1 amide bonds. The highest BCUT2D eigenvalue weighted by Gasteiger charge is 2.21. The Kier molecular flexibility index (Phi) is 5.87. The predicted octanol–water partition coefficient (Wildman–Crippen LogP) is 1.38. The van der Waals surface area contributed by atoms with E-state index in [4.69, 9.17) is 4.74 Å². The fourth-order valence-corrected chi connectivity index (χ4v) is 2.75. The summed E-state index contributed by atoms with van der Waals surface area (Å²) in [4.78, 5) is 22.9. The maximum absolute atomic E-state index is 12.8. The summed E-state index contributed by atoms with van der Waals surface area (Å²) in [5.41, 5.74) is 2.03. The van der Waals surface area contributed by atoms with Crippen LogP contribution in [-0.2, 0) is 22.6 Å². The van der Waals surface area contributed by atoms with Crippen molar-refractivity contribution >= 4 is 5.91 Å². The quantitative estimate of drug-likeness (QED) is 0.869. The lowest BCUT2D eigenvalue weighted by Crippen LogP contribution is -2.45. The lowest BCUT2D eigenvalue weighted by atomic mass is 10.1. The minimum Gasteiger partial charge on any atom is -0.378 e. The standard InChI is InChI=1S/C18H22N4O2/c23-18(9-17-14-24-8-7-21-17)22(12-15-3-1-5-19-10-15)13-16-4-2-6-20-11-16/h1-6,10-11,17,21H,7-9,12-14H2/t17-/m1/s1. The lowest BCUT2D eigenvalue weighted by Gasteiger charge is -2.28. The first-order valence-electron chi connectivity index (χ1n) is 8.18. The molecule has 24 heavy (non-hydrogen) atoms. The molecule has 2 aromatic heterocycles. The fraction of sp³-hybridized carbons (Fsp3) is 0.389. The third kappa shape index (κ3) is 4.84. The number of nitrogens with one attached hydrogen (secondary N) is 1. The van der Waals surface area contributed by atoms with E-state index in [0.717, 1.165) is 17.7 Å². The topological polar surface area (TPSA) is 67.3 Å². The Morgan fingerprint density at radius 1 is 1.17 bits per heavy atom. The van der Waals surface area contributed by atoms with Gasteiger partial charge in [0.15, 0.2) is 0 Å². The number of hydrogen-bond acceptors (Lipinski definition) is 5. The molecule has 6 nitrogen and oxygen atoms in total. The number of carbonyl (C=O) groups is 1. The monoisotopic (exact) mass is 326 g/mol. The van der Waals surface area contributed by atoms with Crippen molar-refractivity contribution in [1.29, 1.82) is 0 Å². The summed E-state index contributed by atoms with van der Waals surface area (Å²) < 4.78 is 5.45. The van der Waals surface area contributed by atoms with Crippen LogP contribution in [0.5, 0.6) is 0 Å². The molecule has 1 fully saturated rings. The van der Waals surface area contributed by atoms with Gasteiger partial charge in [-0.3, -0.25) is 14.8 Å². The number of carbonyl (C=O) groups excluding carboxylic acids is 1. The number of morpholine rings is 1. The van der Waals surface area contributed by atoms with E-state index in [2.05, 4.69) is 15.3 Å². The molecule has 0 spiro atoms. The van der Waals surface area contributed by atoms with E-state index in [0.29, 0.717) is 32.7 Å². The SMILES string of the molecule is O=C(C[C@@H]1COCCN1)N(Cc1cccnc1)Cc1cccnc1. The summed E-state index contributed by atoms with van der Waals surface area (Å²) in [5, 5.41) is 3.34. The summed E-state index contributed by atoms with van der Waals surface area (Å²) in [6.07, 6.45) is 7.50. The first-order valence-corrected chi connectivity index (χ1v) is 8.18. The highest BCUT2D eigenvalue weighted by Crippen LogP contribution is 2.12. The van der Waals surface area contributed by atoms with Gasteiger partial charge in [0.05, 0.1) is 13.2 Å². The first-order chi connectivity index (χ1) is 11.8. The molecule has 0 aromatic carbocycles. The number of aromatic nitrogens is 2. The van der Waals surface area contributed by atoms with Crippen LogP contribution in [0.4, 0.5) is 0 Å². The van der Waals surface area contributed by atoms with Crippen LogP contribution in [0.3, 0.4) is 0 Å². The highest BCUT2D eigenvalue weighted by atomic mass is 16.5. The number of rotatable bonds is 6. The maximum Gasteiger partial charge on any atom is 0.224 e. The largest absolute Gasteiger partial charge is 0.378 e. The van der Waals surface area contributed by atoms with Crippen LogP contribution in [0.2, 0.25) is 0 Å². The molecular weight excluding hydrogens is 304 g/mol. The Morgan fingerprint density at radius 3 is 2.33 bits per heavy atom. The van der Waals surface area contributed by atoms with Gasteiger partial charge in [-0.2, -0.15) is 0 Å². The second kappa shape index (κ2) is 8.52. The Hall–Kier alpha value is -2.31. The number of amides is 1. The molecule has 3 rings (SSSR count). The normalized spacial score (nSPS) is 17.4. The lowest BCUT2D eigenvalue weighted by molar-refractivity contribution is -0.133. The van der Waals surface area contributed by atoms with Crippen molar-refractivity contribution in [2.24, 2.45) is 0 Å². The molecule has 1 saturated heterocycles. The summed E-state index contributed by atoms with van der Waals surface area (Å²) >= 11 is 0. The summed E-state index contributed by atoms with van der Waals surface area (Å²) in [6, 6.07) is 7.82. The van der Waals surface area contributed by atoms with Crippen LogP contribution in [0.15, 0.2) is 49.1 Å². The van der Waals surface area contributed by atoms with Crippen molar-refractivity contribution in [2.45, 2.75) is 25.6 Å². The third-order valence-corrected chi connectivity index (χ3v) is 3.96. The molecule has 6 heteroatoms. The fourth-order valence-electron chi connectivity index (χ4n) is 2.75. The maximum atomic E-state index is 12.8. The van der Waals surface area contributed by atoms with E-state index in [1.165, 1.54) is 0 Å². The molecule has 2 aromatic rings. The van der Waals surface area contributed by atoms with Crippen LogP contribution in [-0.4, -0.2) is 46.6 Å². The smallest absolute Gasteiger partial charge is 0.224 e. The van der Waals surface area contributed by atoms with Crippen molar-refractivity contribution in [3.8, 4) is 0 Å². The average Bonchev–Trinajstić information content (AvgIpc) is 2.64. The second-order valence-electron chi connectivity index (χ2n) is 5.90. The van der Waals surface area contributed by atoms with E-state index in [9.17, 15) is 4.79 Å². The third-order valence-electron chi connectivity index (χ3n) is 3.96. The second-order valence-corrected chi connectivity index (χ2v) is 5.90. The van der Waals surface area contributed by atoms with Crippen LogP contribution < -0.4 is 5.32 Å². The van der Waals surface area contributed by atoms with Gasteiger partial charge in [-0.05, 0) is 23.3 Å². The zero-order chi connectivity index (χ0) is 16.6. The zero-order valence-corrected chi connectivity index (χ0v) is 13.6. The van der Waals surface area contributed by atoms with Crippen molar-refractivity contribution in [3.63, 3.8) is 0 Å². The van der Waals surface area contributed by atoms with Crippen molar-refractivity contribution in [3.05, 3.63) is 60.2 Å². The molecule has 3 heterocycles. The number of nitrogens with zero attached hydrogens (tertiary/aromatic N) is 3. The average molecular weight is 326 g/mol. The van der Waals surface area contributed by atoms with Gasteiger partial charge in [-0.25, -0.2) is 0 Å². The summed E-state index contributed by atoms with van der Waals surface area (Å²) in [7, 11) is 0. The number of pyridine rings is 2. The minimum atomic E-state index is 0.0801. The Balaban J connectivity index is 1.69. The van der Waals surface area contributed by atoms with E-state index in [-0.39, 0.29) is 11.9 Å². The van der Waals surface area contributed by atoms with Gasteiger partial charge in [0.1, 0.15) is 0 Å². The van der Waals surface area contributed by atoms with Gasteiger partial charge in [0.2, 0.25) is 5.91 Å². The molecule has 1 aliphatic rings. The highest BCUT2D eigenvalue weighted by molar-refractivity contribution is 5.76. The van der Waals surface area contributed by atoms with Crippen molar-refractivity contribution in [2.75, 3.05) is 19.8 Å². The summed E-state index contributed by atoms with van der Waals surface area (Å²) in [6.45, 7) is 3.16. The van der Waals surface area contributed by atoms with Crippen LogP contribution in [0.25, 0.3) is 0 Å². The van der Waals surface area contributed by atoms with Crippen LogP contribution in [0.1, 0.15) is 17.5 Å². The number of ether oxygens (including phenoxy) is 1. The molecular formula is C18H22N4O2. The molecule has 0 saturated carbocycles. The van der Waals surface area contributed by atoms with Gasteiger partial charge < -0.3 is 15.0 Å². The van der Waals surface area contributed by atoms with Crippen LogP contribution in [0, 0.1) is 0 Å². The Bertz CT molecular complexity index is 588. The Morgan fingerprint density at radius 2 is 1.83 bits per heavy atom. The van der Waals surface area contributed by atoms with E-state index in [1.807, 2.05) is 29.2 Å². The summed E-state index contributed by atoms with van der Waals surface area (Å²) in [5.74, 6) is 0.103. The molecule has 0 unspecified atom stereocenters. The molecule has 0 aliphatic carbocycles. The van der Waals surface area contributed by atoms with E-state index >= 15 is 0 Å². The minimum absolute atomic E-state index is 0.0801. The molecule has 0 bridgehead atoms. The Labute approximate surface area is 141 Å². The first kappa shape index (κ1) is 16.5. The van der Waals surface area contributed by atoms with E-state index in [1.54, 1.807) is 24.8 Å². The van der Waals surface area contributed by atoms with Gasteiger partial charge in [0, 0.05) is 56.9 Å². The predicted molar refractivity (Wildman–Crippen MR) is 90.0 cm³/mol. The molecule has 1 atom stereocenters. The van der Waals surface area contributed by atoms with Crippen LogP contribution >= 0.6 is 0 Å². The molecule has 0 radical (unpaired) electrons. The molecule has 1 aliphatic heterocycles. The van der Waals surface area contributed by atoms with Gasteiger partial charge >= 0.3 is 0 Å². The van der Waals surface area contributed by atoms with Gasteiger partial charge in [-0.15, -0.1) is 0 Å².